The zero-order chi connectivity index (χ0) is 21.8. The lowest BCUT2D eigenvalue weighted by atomic mass is 10.1. The van der Waals surface area contributed by atoms with Crippen molar-refractivity contribution in [2.24, 2.45) is 0 Å². The SMILES string of the molecule is CC#CCn1c(N2CCNCC2)nc2nc(OC)n(Cc3ccccc3C#N)c(=O)c21.Cl. The number of nitrogens with one attached hydrogen (secondary N) is 1. The monoisotopic (exact) mass is 453 g/mol. The van der Waals surface area contributed by atoms with Gasteiger partial charge in [0, 0.05) is 26.2 Å². The van der Waals surface area contributed by atoms with Crippen LogP contribution in [-0.4, -0.2) is 52.4 Å². The largest absolute Gasteiger partial charge is 0.468 e. The maximum Gasteiger partial charge on any atom is 0.301 e. The molecule has 0 spiro atoms. The van der Waals surface area contributed by atoms with Crippen LogP contribution in [0.5, 0.6) is 6.01 Å². The van der Waals surface area contributed by atoms with Crippen LogP contribution in [0.15, 0.2) is 29.1 Å². The summed E-state index contributed by atoms with van der Waals surface area (Å²) in [6, 6.07) is 9.50. The lowest BCUT2D eigenvalue weighted by Crippen LogP contribution is -2.44. The molecule has 0 unspecified atom stereocenters. The van der Waals surface area contributed by atoms with E-state index in [1.54, 1.807) is 19.1 Å². The number of imidazole rings is 1. The second-order valence-corrected chi connectivity index (χ2v) is 7.09. The van der Waals surface area contributed by atoms with E-state index in [-0.39, 0.29) is 30.5 Å². The van der Waals surface area contributed by atoms with E-state index in [1.165, 1.54) is 11.7 Å². The van der Waals surface area contributed by atoms with Gasteiger partial charge in [0.2, 0.25) is 5.95 Å². The molecule has 0 atom stereocenters. The summed E-state index contributed by atoms with van der Waals surface area (Å²) in [6.07, 6.45) is 0. The third-order valence-electron chi connectivity index (χ3n) is 5.27. The fourth-order valence-corrected chi connectivity index (χ4v) is 3.73. The molecular weight excluding hydrogens is 430 g/mol. The molecule has 3 aromatic rings. The maximum atomic E-state index is 13.6. The molecule has 0 amide bonds. The van der Waals surface area contributed by atoms with Crippen molar-refractivity contribution in [2.75, 3.05) is 38.2 Å². The van der Waals surface area contributed by atoms with Gasteiger partial charge >= 0.3 is 6.01 Å². The second-order valence-electron chi connectivity index (χ2n) is 7.09. The predicted octanol–water partition coefficient (Wildman–Crippen LogP) is 1.38. The molecule has 4 rings (SSSR count). The first kappa shape index (κ1) is 23.1. The number of piperazine rings is 1. The Morgan fingerprint density at radius 1 is 1.19 bits per heavy atom. The Hall–Kier alpha value is -3.53. The van der Waals surface area contributed by atoms with Gasteiger partial charge in [-0.2, -0.15) is 15.2 Å². The molecule has 3 heterocycles. The van der Waals surface area contributed by atoms with Gasteiger partial charge in [-0.25, -0.2) is 0 Å². The molecule has 10 heteroatoms. The molecule has 1 N–H and O–H groups in total. The van der Waals surface area contributed by atoms with Crippen molar-refractivity contribution in [1.29, 1.82) is 5.26 Å². The van der Waals surface area contributed by atoms with E-state index in [0.717, 1.165) is 26.2 Å². The van der Waals surface area contributed by atoms with Gasteiger partial charge in [0.05, 0.1) is 31.8 Å². The molecular formula is C22H24ClN7O2. The number of anilines is 1. The van der Waals surface area contributed by atoms with Gasteiger partial charge in [0.1, 0.15) is 0 Å². The van der Waals surface area contributed by atoms with Crippen LogP contribution in [0.4, 0.5) is 5.95 Å². The Labute approximate surface area is 192 Å². The van der Waals surface area contributed by atoms with E-state index >= 15 is 0 Å². The first-order chi connectivity index (χ1) is 15.2. The van der Waals surface area contributed by atoms with Crippen molar-refractivity contribution in [3.05, 3.63) is 45.7 Å². The highest BCUT2D eigenvalue weighted by atomic mass is 35.5. The number of aromatic nitrogens is 4. The number of halogens is 1. The fourth-order valence-electron chi connectivity index (χ4n) is 3.73. The highest BCUT2D eigenvalue weighted by Gasteiger charge is 2.24. The molecule has 2 aromatic heterocycles. The number of nitriles is 1. The Kier molecular flexibility index (Phi) is 7.37. The first-order valence-corrected chi connectivity index (χ1v) is 10.1. The average Bonchev–Trinajstić information content (AvgIpc) is 3.18. The highest BCUT2D eigenvalue weighted by molar-refractivity contribution is 5.85. The summed E-state index contributed by atoms with van der Waals surface area (Å²) in [6.45, 7) is 5.52. The molecule has 0 aliphatic carbocycles. The van der Waals surface area contributed by atoms with Crippen LogP contribution >= 0.6 is 12.4 Å². The van der Waals surface area contributed by atoms with E-state index in [1.807, 2.05) is 16.7 Å². The van der Waals surface area contributed by atoms with Crippen LogP contribution in [0.1, 0.15) is 18.1 Å². The van der Waals surface area contributed by atoms with Gasteiger partial charge in [0.25, 0.3) is 5.56 Å². The lowest BCUT2D eigenvalue weighted by Gasteiger charge is -2.28. The summed E-state index contributed by atoms with van der Waals surface area (Å²) in [5, 5.41) is 12.8. The van der Waals surface area contributed by atoms with Crippen molar-refractivity contribution in [3.63, 3.8) is 0 Å². The van der Waals surface area contributed by atoms with Crippen LogP contribution in [0, 0.1) is 23.2 Å². The van der Waals surface area contributed by atoms with E-state index in [9.17, 15) is 10.1 Å². The molecule has 32 heavy (non-hydrogen) atoms. The minimum Gasteiger partial charge on any atom is -0.468 e. The number of fused-ring (bicyclic) bond motifs is 1. The van der Waals surface area contributed by atoms with Crippen LogP contribution in [0.3, 0.4) is 0 Å². The third kappa shape index (κ3) is 4.26. The molecule has 1 aliphatic rings. The van der Waals surface area contributed by atoms with E-state index in [4.69, 9.17) is 4.74 Å². The van der Waals surface area contributed by atoms with E-state index < -0.39 is 0 Å². The van der Waals surface area contributed by atoms with E-state index in [0.29, 0.717) is 34.8 Å². The fraction of sp³-hybridized carbons (Fsp3) is 0.364. The third-order valence-corrected chi connectivity index (χ3v) is 5.27. The second kappa shape index (κ2) is 10.2. The number of nitrogens with zero attached hydrogens (tertiary/aromatic N) is 6. The number of rotatable bonds is 5. The minimum absolute atomic E-state index is 0. The van der Waals surface area contributed by atoms with Crippen LogP contribution in [0.2, 0.25) is 0 Å². The normalized spacial score (nSPS) is 13.1. The molecule has 166 valence electrons. The first-order valence-electron chi connectivity index (χ1n) is 10.1. The van der Waals surface area contributed by atoms with Gasteiger partial charge in [0.15, 0.2) is 11.2 Å². The standard InChI is InChI=1S/C22H23N7O2.ClH/c1-3-4-11-28-18-19(25-21(28)27-12-9-24-10-13-27)26-22(31-2)29(20(18)30)15-17-8-6-5-7-16(17)14-23;/h5-8,24H,9-13,15H2,1-2H3;1H. The quantitative estimate of drug-likeness (QED) is 0.582. The van der Waals surface area contributed by atoms with Crippen LogP contribution < -0.4 is 20.5 Å². The molecule has 0 radical (unpaired) electrons. The summed E-state index contributed by atoms with van der Waals surface area (Å²) in [5.74, 6) is 6.62. The van der Waals surface area contributed by atoms with Crippen LogP contribution in [0.25, 0.3) is 11.2 Å². The van der Waals surface area contributed by atoms with E-state index in [2.05, 4.69) is 38.1 Å². The molecule has 0 bridgehead atoms. The summed E-state index contributed by atoms with van der Waals surface area (Å²) in [7, 11) is 1.47. The zero-order valence-corrected chi connectivity index (χ0v) is 18.8. The Morgan fingerprint density at radius 2 is 1.94 bits per heavy atom. The van der Waals surface area contributed by atoms with Gasteiger partial charge in [-0.05, 0) is 18.6 Å². The number of hydrogen-bond acceptors (Lipinski definition) is 7. The molecule has 9 nitrogen and oxygen atoms in total. The summed E-state index contributed by atoms with van der Waals surface area (Å²) in [5.41, 5.74) is 1.66. The van der Waals surface area contributed by atoms with Crippen LogP contribution in [-0.2, 0) is 13.1 Å². The highest BCUT2D eigenvalue weighted by Crippen LogP contribution is 2.22. The van der Waals surface area contributed by atoms with Crippen molar-refractivity contribution < 1.29 is 4.74 Å². The summed E-state index contributed by atoms with van der Waals surface area (Å²) in [4.78, 5) is 25.0. The average molecular weight is 454 g/mol. The predicted molar refractivity (Wildman–Crippen MR) is 124 cm³/mol. The zero-order valence-electron chi connectivity index (χ0n) is 18.0. The number of ether oxygens (including phenoxy) is 1. The maximum absolute atomic E-state index is 13.6. The van der Waals surface area contributed by atoms with Gasteiger partial charge in [-0.3, -0.25) is 13.9 Å². The Morgan fingerprint density at radius 3 is 2.62 bits per heavy atom. The van der Waals surface area contributed by atoms with Crippen molar-refractivity contribution in [2.45, 2.75) is 20.0 Å². The Balaban J connectivity index is 0.00000289. The van der Waals surface area contributed by atoms with Crippen molar-refractivity contribution in [1.82, 2.24) is 24.4 Å². The summed E-state index contributed by atoms with van der Waals surface area (Å²) < 4.78 is 8.70. The molecule has 1 aliphatic heterocycles. The number of hydrogen-bond donors (Lipinski definition) is 1. The summed E-state index contributed by atoms with van der Waals surface area (Å²) >= 11 is 0. The topological polar surface area (TPSA) is 101 Å². The molecule has 1 fully saturated rings. The molecule has 0 saturated carbocycles. The molecule has 1 aromatic carbocycles. The smallest absolute Gasteiger partial charge is 0.301 e. The molecule has 1 saturated heterocycles. The van der Waals surface area contributed by atoms with Gasteiger partial charge in [-0.15, -0.1) is 18.3 Å². The van der Waals surface area contributed by atoms with Gasteiger partial charge in [-0.1, -0.05) is 24.1 Å². The Bertz CT molecular complexity index is 1270. The number of benzene rings is 1. The van der Waals surface area contributed by atoms with Crippen molar-refractivity contribution in [3.8, 4) is 23.9 Å². The minimum atomic E-state index is -0.276. The lowest BCUT2D eigenvalue weighted by molar-refractivity contribution is 0.353. The number of methoxy groups -OCH3 is 1. The van der Waals surface area contributed by atoms with Gasteiger partial charge < -0.3 is 15.0 Å². The van der Waals surface area contributed by atoms with Crippen molar-refractivity contribution >= 4 is 29.5 Å².